The van der Waals surface area contributed by atoms with Crippen molar-refractivity contribution < 1.29 is 19.8 Å². The Morgan fingerprint density at radius 3 is 2.87 bits per heavy atom. The van der Waals surface area contributed by atoms with Gasteiger partial charge in [-0.3, -0.25) is 4.79 Å². The number of nitrogens with zero attached hydrogens (tertiary/aromatic N) is 1. The first kappa shape index (κ1) is 15.5. The van der Waals surface area contributed by atoms with Gasteiger partial charge in [0.05, 0.1) is 12.1 Å². The predicted molar refractivity (Wildman–Crippen MR) is 83.7 cm³/mol. The first-order valence-corrected chi connectivity index (χ1v) is 7.49. The molecule has 2 aromatic rings. The highest BCUT2D eigenvalue weighted by molar-refractivity contribution is 5.89. The Morgan fingerprint density at radius 2 is 2.13 bits per heavy atom. The van der Waals surface area contributed by atoms with Crippen LogP contribution in [0.1, 0.15) is 12.0 Å². The first-order chi connectivity index (χ1) is 11.0. The minimum Gasteiger partial charge on any atom is -0.480 e. The van der Waals surface area contributed by atoms with Crippen LogP contribution in [0.5, 0.6) is 0 Å². The van der Waals surface area contributed by atoms with Gasteiger partial charge in [0, 0.05) is 30.1 Å². The lowest BCUT2D eigenvalue weighted by Crippen LogP contribution is -2.49. The summed E-state index contributed by atoms with van der Waals surface area (Å²) in [5.41, 5.74) is 7.88. The van der Waals surface area contributed by atoms with Crippen LogP contribution in [0.15, 0.2) is 30.5 Å². The lowest BCUT2D eigenvalue weighted by atomic mass is 10.0. The van der Waals surface area contributed by atoms with Gasteiger partial charge in [-0.15, -0.1) is 0 Å². The monoisotopic (exact) mass is 317 g/mol. The molecule has 3 rings (SSSR count). The number of nitrogens with two attached hydrogens (primary N) is 1. The maximum Gasteiger partial charge on any atom is 0.326 e. The van der Waals surface area contributed by atoms with Crippen molar-refractivity contribution in [3.8, 4) is 0 Å². The van der Waals surface area contributed by atoms with Crippen molar-refractivity contribution >= 4 is 22.8 Å². The van der Waals surface area contributed by atoms with E-state index in [0.29, 0.717) is 6.42 Å². The van der Waals surface area contributed by atoms with Crippen LogP contribution in [0.4, 0.5) is 0 Å². The molecule has 5 N–H and O–H groups in total. The summed E-state index contributed by atoms with van der Waals surface area (Å²) < 4.78 is 0. The van der Waals surface area contributed by atoms with E-state index >= 15 is 0 Å². The Hall–Kier alpha value is -2.38. The van der Waals surface area contributed by atoms with Gasteiger partial charge in [0.2, 0.25) is 5.91 Å². The van der Waals surface area contributed by atoms with Gasteiger partial charge in [-0.1, -0.05) is 18.2 Å². The second-order valence-corrected chi connectivity index (χ2v) is 5.90. The molecule has 0 bridgehead atoms. The van der Waals surface area contributed by atoms with E-state index in [1.807, 2.05) is 30.5 Å². The van der Waals surface area contributed by atoms with E-state index < -0.39 is 30.1 Å². The molecule has 1 fully saturated rings. The molecule has 0 radical (unpaired) electrons. The number of carboxylic acids is 1. The third kappa shape index (κ3) is 2.93. The number of nitrogens with one attached hydrogen (secondary N) is 1. The van der Waals surface area contributed by atoms with Crippen molar-refractivity contribution in [1.29, 1.82) is 0 Å². The number of para-hydroxylation sites is 1. The number of likely N-dealkylation sites (tertiary alicyclic amines) is 1. The maximum absolute atomic E-state index is 12.5. The number of hydrogen-bond donors (Lipinski definition) is 4. The molecule has 122 valence electrons. The first-order valence-electron chi connectivity index (χ1n) is 7.49. The number of amides is 1. The number of rotatable bonds is 4. The van der Waals surface area contributed by atoms with E-state index in [1.54, 1.807) is 0 Å². The van der Waals surface area contributed by atoms with E-state index in [4.69, 9.17) is 5.73 Å². The van der Waals surface area contributed by atoms with Crippen molar-refractivity contribution in [2.45, 2.75) is 31.0 Å². The van der Waals surface area contributed by atoms with Crippen molar-refractivity contribution in [3.05, 3.63) is 36.0 Å². The van der Waals surface area contributed by atoms with Crippen LogP contribution in [-0.2, 0) is 16.0 Å². The molecule has 1 amide bonds. The molecule has 1 aromatic carbocycles. The van der Waals surface area contributed by atoms with Crippen LogP contribution in [-0.4, -0.2) is 56.7 Å². The number of aromatic nitrogens is 1. The number of hydrogen-bond acceptors (Lipinski definition) is 4. The zero-order valence-corrected chi connectivity index (χ0v) is 12.5. The van der Waals surface area contributed by atoms with E-state index in [9.17, 15) is 19.8 Å². The molecule has 7 nitrogen and oxygen atoms in total. The number of aromatic amines is 1. The summed E-state index contributed by atoms with van der Waals surface area (Å²) in [6.07, 6.45) is 1.34. The van der Waals surface area contributed by atoms with E-state index in [0.717, 1.165) is 16.5 Å². The maximum atomic E-state index is 12.5. The minimum absolute atomic E-state index is 0.0113. The molecular formula is C16H19N3O4. The number of carbonyl (C=O) groups excluding carboxylic acids is 1. The van der Waals surface area contributed by atoms with E-state index in [-0.39, 0.29) is 13.0 Å². The van der Waals surface area contributed by atoms with E-state index in [1.165, 1.54) is 4.90 Å². The fourth-order valence-electron chi connectivity index (χ4n) is 3.13. The molecule has 23 heavy (non-hydrogen) atoms. The van der Waals surface area contributed by atoms with Crippen LogP contribution in [0.25, 0.3) is 10.9 Å². The highest BCUT2D eigenvalue weighted by Gasteiger charge is 2.40. The van der Waals surface area contributed by atoms with Gasteiger partial charge in [0.15, 0.2) is 0 Å². The lowest BCUT2D eigenvalue weighted by Gasteiger charge is -2.24. The Morgan fingerprint density at radius 1 is 1.39 bits per heavy atom. The molecule has 0 spiro atoms. The van der Waals surface area contributed by atoms with Gasteiger partial charge in [-0.2, -0.15) is 0 Å². The third-order valence-electron chi connectivity index (χ3n) is 4.28. The topological polar surface area (TPSA) is 120 Å². The molecule has 3 atom stereocenters. The molecule has 1 aromatic heterocycles. The van der Waals surface area contributed by atoms with Crippen LogP contribution < -0.4 is 5.73 Å². The number of fused-ring (bicyclic) bond motifs is 1. The predicted octanol–water partition coefficient (Wildman–Crippen LogP) is 0.0841. The smallest absolute Gasteiger partial charge is 0.326 e. The Bertz CT molecular complexity index is 742. The third-order valence-corrected chi connectivity index (χ3v) is 4.28. The Kier molecular flexibility index (Phi) is 4.06. The van der Waals surface area contributed by atoms with Crippen molar-refractivity contribution in [2.75, 3.05) is 6.54 Å². The van der Waals surface area contributed by atoms with Gasteiger partial charge in [0.25, 0.3) is 0 Å². The van der Waals surface area contributed by atoms with Gasteiger partial charge in [-0.05, 0) is 18.1 Å². The lowest BCUT2D eigenvalue weighted by molar-refractivity contribution is -0.148. The van der Waals surface area contributed by atoms with Crippen LogP contribution in [0.3, 0.4) is 0 Å². The number of aliphatic carboxylic acids is 1. The summed E-state index contributed by atoms with van der Waals surface area (Å²) in [6, 6.07) is 5.84. The van der Waals surface area contributed by atoms with E-state index in [2.05, 4.69) is 4.98 Å². The molecular weight excluding hydrogens is 298 g/mol. The normalized spacial score (nSPS) is 22.4. The standard InChI is InChI=1S/C16H19N3O4/c17-12(5-9-7-18-13-4-2-1-3-11(9)13)15(21)19-8-10(20)6-14(19)16(22)23/h1-4,7,10,12,14,18,20H,5-6,8,17H2,(H,22,23). The second kappa shape index (κ2) is 6.02. The van der Waals surface area contributed by atoms with Crippen molar-refractivity contribution in [1.82, 2.24) is 9.88 Å². The summed E-state index contributed by atoms with van der Waals surface area (Å²) in [5.74, 6) is -1.56. The zero-order chi connectivity index (χ0) is 16.6. The largest absolute Gasteiger partial charge is 0.480 e. The highest BCUT2D eigenvalue weighted by atomic mass is 16.4. The summed E-state index contributed by atoms with van der Waals surface area (Å²) >= 11 is 0. The highest BCUT2D eigenvalue weighted by Crippen LogP contribution is 2.22. The molecule has 1 aliphatic heterocycles. The second-order valence-electron chi connectivity index (χ2n) is 5.90. The van der Waals surface area contributed by atoms with Crippen molar-refractivity contribution in [2.24, 2.45) is 5.73 Å². The SMILES string of the molecule is NC(Cc1c[nH]c2ccccc12)C(=O)N1CC(O)CC1C(=O)O. The summed E-state index contributed by atoms with van der Waals surface area (Å²) in [6.45, 7) is 0.0113. The molecule has 1 aliphatic rings. The summed E-state index contributed by atoms with van der Waals surface area (Å²) in [7, 11) is 0. The molecule has 2 heterocycles. The number of benzene rings is 1. The molecule has 3 unspecified atom stereocenters. The number of carboxylic acid groups (broad SMARTS) is 1. The number of carbonyl (C=O) groups is 2. The number of aliphatic hydroxyl groups excluding tert-OH is 1. The van der Waals surface area contributed by atoms with Gasteiger partial charge in [0.1, 0.15) is 6.04 Å². The number of H-pyrrole nitrogens is 1. The number of β-amino-alcohol motifs (C(OH)–C–C–N with tert-alkyl or cyclic N) is 1. The summed E-state index contributed by atoms with van der Waals surface area (Å²) in [4.78, 5) is 28.0. The molecule has 0 saturated carbocycles. The van der Waals surface area contributed by atoms with Crippen LogP contribution in [0.2, 0.25) is 0 Å². The van der Waals surface area contributed by atoms with Crippen LogP contribution in [0, 0.1) is 0 Å². The summed E-state index contributed by atoms with van der Waals surface area (Å²) in [5, 5.41) is 19.8. The Labute approximate surface area is 132 Å². The van der Waals surface area contributed by atoms with Crippen molar-refractivity contribution in [3.63, 3.8) is 0 Å². The fourth-order valence-corrected chi connectivity index (χ4v) is 3.13. The number of aliphatic hydroxyl groups is 1. The van der Waals surface area contributed by atoms with Gasteiger partial charge in [-0.25, -0.2) is 4.79 Å². The molecule has 1 saturated heterocycles. The average Bonchev–Trinajstić information content (AvgIpc) is 3.11. The molecule has 7 heteroatoms. The molecule has 0 aliphatic carbocycles. The van der Waals surface area contributed by atoms with Gasteiger partial charge >= 0.3 is 5.97 Å². The average molecular weight is 317 g/mol. The fraction of sp³-hybridized carbons (Fsp3) is 0.375. The van der Waals surface area contributed by atoms with Crippen LogP contribution >= 0.6 is 0 Å². The Balaban J connectivity index is 1.76. The minimum atomic E-state index is -1.12. The quantitative estimate of drug-likeness (QED) is 0.637. The van der Waals surface area contributed by atoms with Gasteiger partial charge < -0.3 is 25.8 Å². The zero-order valence-electron chi connectivity index (χ0n) is 12.5.